The fourth-order valence-electron chi connectivity index (χ4n) is 0.137. The predicted molar refractivity (Wildman–Crippen MR) is 34.5 cm³/mol. The van der Waals surface area contributed by atoms with Crippen LogP contribution in [0.15, 0.2) is 11.1 Å². The van der Waals surface area contributed by atoms with Crippen LogP contribution >= 0.6 is 0 Å². The number of hydrogen-bond acceptors (Lipinski definition) is 5. The maximum atomic E-state index is 9.38. The average Bonchev–Trinajstić information content (AvgIpc) is 1.93. The first-order valence-corrected chi connectivity index (χ1v) is 2.02. The Morgan fingerprint density at radius 3 is 2.30 bits per heavy atom. The van der Waals surface area contributed by atoms with E-state index >= 15 is 0 Å². The number of hydrazine groups is 1. The topological polar surface area (TPSA) is 122 Å². The Labute approximate surface area is 56.7 Å². The third kappa shape index (κ3) is 9.65. The van der Waals surface area contributed by atoms with E-state index in [0.717, 1.165) is 12.2 Å². The van der Waals surface area contributed by atoms with Gasteiger partial charge in [-0.15, -0.1) is 4.99 Å². The van der Waals surface area contributed by atoms with Gasteiger partial charge < -0.3 is 0 Å². The van der Waals surface area contributed by atoms with Crippen LogP contribution in [-0.4, -0.2) is 17.9 Å². The molecule has 6 heteroatoms. The first-order chi connectivity index (χ1) is 4.81. The largest absolute Gasteiger partial charge is 0.282 e. The Morgan fingerprint density at radius 1 is 1.50 bits per heavy atom. The quantitative estimate of drug-likeness (QED) is 0.103. The molecule has 0 amide bonds. The van der Waals surface area contributed by atoms with Gasteiger partial charge in [-0.1, -0.05) is 0 Å². The summed E-state index contributed by atoms with van der Waals surface area (Å²) >= 11 is 0. The molecule has 5 N–H and O–H groups in total. The minimum atomic E-state index is -0.435. The predicted octanol–water partition coefficient (Wildman–Crippen LogP) is -1.49. The molecule has 0 aromatic rings. The molecule has 0 radical (unpaired) electrons. The monoisotopic (exact) mass is 142 g/mol. The van der Waals surface area contributed by atoms with E-state index in [4.69, 9.17) is 5.41 Å². The average molecular weight is 142 g/mol. The van der Waals surface area contributed by atoms with Gasteiger partial charge in [0.1, 0.15) is 5.94 Å². The van der Waals surface area contributed by atoms with Gasteiger partial charge in [0.25, 0.3) is 0 Å². The molecule has 0 heterocycles. The van der Waals surface area contributed by atoms with Crippen LogP contribution < -0.4 is 11.7 Å². The molecular formula is C4H6N4O2. The van der Waals surface area contributed by atoms with E-state index < -0.39 is 5.84 Å². The zero-order chi connectivity index (χ0) is 8.41. The van der Waals surface area contributed by atoms with Gasteiger partial charge in [0.2, 0.25) is 6.08 Å². The van der Waals surface area contributed by atoms with Gasteiger partial charge in [-0.25, -0.2) is 9.59 Å². The van der Waals surface area contributed by atoms with Crippen molar-refractivity contribution < 1.29 is 9.59 Å². The number of rotatable bonds is 1. The summed E-state index contributed by atoms with van der Waals surface area (Å²) in [4.78, 5) is 21.5. The molecule has 0 aromatic heterocycles. The van der Waals surface area contributed by atoms with Gasteiger partial charge in [-0.05, 0) is 0 Å². The first kappa shape index (κ1) is 11.2. The van der Waals surface area contributed by atoms with Gasteiger partial charge in [-0.3, -0.25) is 17.1 Å². The summed E-state index contributed by atoms with van der Waals surface area (Å²) in [5, 5.41) is 6.54. The van der Waals surface area contributed by atoms with Crippen LogP contribution in [0.25, 0.3) is 0 Å². The fraction of sp³-hybridized carbons (Fsp3) is 0. The maximum absolute atomic E-state index is 9.38. The Balaban J connectivity index is 0. The zero-order valence-electron chi connectivity index (χ0n) is 5.00. The highest BCUT2D eigenvalue weighted by atomic mass is 16.1. The minimum absolute atomic E-state index is 0.435. The van der Waals surface area contributed by atoms with Crippen molar-refractivity contribution in [1.82, 2.24) is 0 Å². The van der Waals surface area contributed by atoms with E-state index in [9.17, 15) is 9.59 Å². The highest BCUT2D eigenvalue weighted by molar-refractivity contribution is 5.99. The number of aliphatic imine (C=N–C) groups is 1. The lowest BCUT2D eigenvalue weighted by Gasteiger charge is -1.69. The number of nitrogens with two attached hydrogens (primary N) is 2. The zero-order valence-corrected chi connectivity index (χ0v) is 5.00. The molecule has 0 aliphatic heterocycles. The van der Waals surface area contributed by atoms with Crippen molar-refractivity contribution in [2.45, 2.75) is 0 Å². The van der Waals surface area contributed by atoms with Crippen molar-refractivity contribution in [3.05, 3.63) is 6.08 Å². The van der Waals surface area contributed by atoms with Crippen molar-refractivity contribution in [3.8, 4) is 0 Å². The normalized spacial score (nSPS) is 5.40. The van der Waals surface area contributed by atoms with E-state index in [2.05, 4.69) is 16.7 Å². The van der Waals surface area contributed by atoms with Crippen molar-refractivity contribution in [2.24, 2.45) is 16.7 Å². The number of amidine groups is 1. The number of hydrogen-bond donors (Lipinski definition) is 3. The van der Waals surface area contributed by atoms with Gasteiger partial charge in [0, 0.05) is 0 Å². The summed E-state index contributed by atoms with van der Waals surface area (Å²) in [7, 11) is 0. The van der Waals surface area contributed by atoms with Gasteiger partial charge >= 0.3 is 0 Å². The molecule has 10 heavy (non-hydrogen) atoms. The number of isocyanates is 1. The highest BCUT2D eigenvalue weighted by Crippen LogP contribution is 1.68. The smallest absolute Gasteiger partial charge is 0.242 e. The first-order valence-electron chi connectivity index (χ1n) is 2.02. The molecular weight excluding hydrogens is 136 g/mol. The van der Waals surface area contributed by atoms with Gasteiger partial charge in [0.05, 0.1) is 6.08 Å². The van der Waals surface area contributed by atoms with E-state index in [-0.39, 0.29) is 0 Å². The minimum Gasteiger partial charge on any atom is -0.282 e. The molecule has 0 atom stereocenters. The third-order valence-electron chi connectivity index (χ3n) is 0.362. The molecule has 0 bridgehead atoms. The standard InChI is InChI=1S/C4H2N2O2.H4N2/c5-4(1-2-7)6-3-8;1-2/h1,5H;1-2H2. The Morgan fingerprint density at radius 2 is 2.00 bits per heavy atom. The van der Waals surface area contributed by atoms with Crippen LogP contribution in [0.3, 0.4) is 0 Å². The molecule has 0 aromatic carbocycles. The summed E-state index contributed by atoms with van der Waals surface area (Å²) in [6.07, 6.45) is 1.82. The lowest BCUT2D eigenvalue weighted by molar-refractivity contribution is 0.565. The van der Waals surface area contributed by atoms with E-state index in [0.29, 0.717) is 0 Å². The second kappa shape index (κ2) is 10.4. The van der Waals surface area contributed by atoms with Crippen LogP contribution in [0.5, 0.6) is 0 Å². The summed E-state index contributed by atoms with van der Waals surface area (Å²) in [6.45, 7) is 0. The molecule has 0 saturated heterocycles. The summed E-state index contributed by atoms with van der Waals surface area (Å²) < 4.78 is 0. The molecule has 0 spiro atoms. The Hall–Kier alpha value is -1.58. The summed E-state index contributed by atoms with van der Waals surface area (Å²) in [6, 6.07) is 0. The molecule has 54 valence electrons. The number of carbonyl (C=O) groups excluding carboxylic acids is 2. The molecule has 0 saturated carbocycles. The molecule has 0 fully saturated rings. The maximum Gasteiger partial charge on any atom is 0.242 e. The van der Waals surface area contributed by atoms with Crippen LogP contribution in [0.1, 0.15) is 0 Å². The number of nitrogens with zero attached hydrogens (tertiary/aromatic N) is 1. The fourth-order valence-corrected chi connectivity index (χ4v) is 0.137. The van der Waals surface area contributed by atoms with Crippen molar-refractivity contribution >= 4 is 17.9 Å². The van der Waals surface area contributed by atoms with Gasteiger partial charge in [0.15, 0.2) is 5.84 Å². The van der Waals surface area contributed by atoms with E-state index in [1.54, 1.807) is 0 Å². The van der Waals surface area contributed by atoms with Crippen LogP contribution in [0.4, 0.5) is 0 Å². The second-order valence-electron chi connectivity index (χ2n) is 0.851. The van der Waals surface area contributed by atoms with Crippen molar-refractivity contribution in [3.63, 3.8) is 0 Å². The van der Waals surface area contributed by atoms with Crippen LogP contribution in [0.2, 0.25) is 0 Å². The van der Waals surface area contributed by atoms with Crippen LogP contribution in [-0.2, 0) is 9.59 Å². The van der Waals surface area contributed by atoms with Crippen LogP contribution in [0, 0.1) is 5.41 Å². The van der Waals surface area contributed by atoms with E-state index in [1.807, 2.05) is 0 Å². The Kier molecular flexibility index (Phi) is 11.7. The van der Waals surface area contributed by atoms with E-state index in [1.165, 1.54) is 5.94 Å². The summed E-state index contributed by atoms with van der Waals surface area (Å²) in [5.41, 5.74) is 0. The third-order valence-corrected chi connectivity index (χ3v) is 0.362. The highest BCUT2D eigenvalue weighted by Gasteiger charge is 1.79. The molecule has 6 nitrogen and oxygen atoms in total. The van der Waals surface area contributed by atoms with Crippen molar-refractivity contribution in [1.29, 1.82) is 5.41 Å². The molecule has 0 aliphatic rings. The lowest BCUT2D eigenvalue weighted by Crippen LogP contribution is -2.02. The Bertz CT molecular complexity index is 167. The molecule has 0 aliphatic carbocycles. The van der Waals surface area contributed by atoms with Gasteiger partial charge in [-0.2, -0.15) is 0 Å². The molecule has 0 unspecified atom stereocenters. The lowest BCUT2D eigenvalue weighted by atomic mass is 10.6. The van der Waals surface area contributed by atoms with Crippen molar-refractivity contribution in [2.75, 3.05) is 0 Å². The summed E-state index contributed by atoms with van der Waals surface area (Å²) in [5.74, 6) is 8.84. The molecule has 0 rings (SSSR count). The number of nitrogens with one attached hydrogen (secondary N) is 1. The second-order valence-corrected chi connectivity index (χ2v) is 0.851. The SMILES string of the molecule is N=C(C=C=O)N=C=O.NN.